The maximum absolute atomic E-state index is 5.45. The van der Waals surface area contributed by atoms with Crippen molar-refractivity contribution in [3.05, 3.63) is 0 Å². The Bertz CT molecular complexity index is 226. The molecule has 2 heterocycles. The Morgan fingerprint density at radius 3 is 2.44 bits per heavy atom. The van der Waals surface area contributed by atoms with Crippen molar-refractivity contribution in [3.63, 3.8) is 0 Å². The van der Waals surface area contributed by atoms with E-state index in [1.807, 2.05) is 11.8 Å². The molecule has 3 nitrogen and oxygen atoms in total. The molecule has 0 spiro atoms. The quantitative estimate of drug-likeness (QED) is 0.701. The number of nitrogens with zero attached hydrogens (tertiary/aromatic N) is 2. The molecule has 0 aromatic carbocycles. The Morgan fingerprint density at radius 2 is 1.75 bits per heavy atom. The molecule has 0 aromatic heterocycles. The van der Waals surface area contributed by atoms with Crippen molar-refractivity contribution in [2.75, 3.05) is 45.3 Å². The molecule has 92 valence electrons. The SMILES string of the molecule is S=C(SCN1CCCCC1)N1CCOCC1. The second-order valence-electron chi connectivity index (χ2n) is 4.32. The average Bonchev–Trinajstić information content (AvgIpc) is 2.38. The van der Waals surface area contributed by atoms with Crippen molar-refractivity contribution < 1.29 is 4.74 Å². The fourth-order valence-electron chi connectivity index (χ4n) is 2.07. The minimum atomic E-state index is 0.824. The van der Waals surface area contributed by atoms with Gasteiger partial charge in [0.15, 0.2) is 0 Å². The van der Waals surface area contributed by atoms with Crippen LogP contribution in [-0.4, -0.2) is 59.4 Å². The number of ether oxygens (including phenoxy) is 1. The topological polar surface area (TPSA) is 15.7 Å². The molecular formula is C11H20N2OS2. The maximum Gasteiger partial charge on any atom is 0.137 e. The van der Waals surface area contributed by atoms with Crippen LogP contribution in [0, 0.1) is 0 Å². The van der Waals surface area contributed by atoms with Gasteiger partial charge in [0.25, 0.3) is 0 Å². The molecule has 2 aliphatic rings. The number of piperidine rings is 1. The van der Waals surface area contributed by atoms with E-state index in [1.54, 1.807) is 0 Å². The number of thioether (sulfide) groups is 1. The smallest absolute Gasteiger partial charge is 0.137 e. The third-order valence-corrected chi connectivity index (χ3v) is 4.70. The van der Waals surface area contributed by atoms with Crippen LogP contribution in [0.15, 0.2) is 0 Å². The van der Waals surface area contributed by atoms with E-state index in [0.717, 1.165) is 36.5 Å². The van der Waals surface area contributed by atoms with E-state index >= 15 is 0 Å². The standard InChI is InChI=1S/C11H20N2OS2/c15-11(13-6-8-14-9-7-13)16-10-12-4-2-1-3-5-12/h1-10H2. The monoisotopic (exact) mass is 260 g/mol. The van der Waals surface area contributed by atoms with Crippen molar-refractivity contribution in [1.29, 1.82) is 0 Å². The lowest BCUT2D eigenvalue weighted by molar-refractivity contribution is 0.0702. The number of rotatable bonds is 2. The fraction of sp³-hybridized carbons (Fsp3) is 0.909. The summed E-state index contributed by atoms with van der Waals surface area (Å²) in [6, 6.07) is 0. The van der Waals surface area contributed by atoms with Gasteiger partial charge in [-0.15, -0.1) is 0 Å². The molecule has 0 aromatic rings. The molecule has 0 unspecified atom stereocenters. The van der Waals surface area contributed by atoms with E-state index in [4.69, 9.17) is 17.0 Å². The van der Waals surface area contributed by atoms with E-state index in [2.05, 4.69) is 9.80 Å². The second kappa shape index (κ2) is 6.79. The lowest BCUT2D eigenvalue weighted by atomic mass is 10.1. The Hall–Kier alpha value is 0.160. The van der Waals surface area contributed by atoms with Crippen LogP contribution in [0.5, 0.6) is 0 Å². The molecule has 0 saturated carbocycles. The molecule has 2 saturated heterocycles. The number of morpholine rings is 1. The minimum Gasteiger partial charge on any atom is -0.378 e. The first-order chi connectivity index (χ1) is 7.86. The summed E-state index contributed by atoms with van der Waals surface area (Å²) in [5, 5.41) is 0. The van der Waals surface area contributed by atoms with Crippen molar-refractivity contribution in [3.8, 4) is 0 Å². The van der Waals surface area contributed by atoms with E-state index in [0.29, 0.717) is 0 Å². The summed E-state index contributed by atoms with van der Waals surface area (Å²) in [5.74, 6) is 1.07. The van der Waals surface area contributed by atoms with Gasteiger partial charge in [-0.2, -0.15) is 0 Å². The highest BCUT2D eigenvalue weighted by atomic mass is 32.2. The first-order valence-electron chi connectivity index (χ1n) is 6.08. The summed E-state index contributed by atoms with van der Waals surface area (Å²) >= 11 is 7.27. The molecular weight excluding hydrogens is 240 g/mol. The number of hydrogen-bond acceptors (Lipinski definition) is 4. The number of thiocarbonyl (C=S) groups is 1. The highest BCUT2D eigenvalue weighted by Gasteiger charge is 2.16. The van der Waals surface area contributed by atoms with Gasteiger partial charge in [0.05, 0.1) is 19.1 Å². The predicted octanol–water partition coefficient (Wildman–Crippen LogP) is 1.78. The van der Waals surface area contributed by atoms with Gasteiger partial charge in [-0.05, 0) is 25.9 Å². The molecule has 0 amide bonds. The molecule has 0 aliphatic carbocycles. The zero-order valence-electron chi connectivity index (χ0n) is 9.69. The number of likely N-dealkylation sites (tertiary alicyclic amines) is 1. The summed E-state index contributed by atoms with van der Waals surface area (Å²) in [4.78, 5) is 4.79. The van der Waals surface area contributed by atoms with Crippen molar-refractivity contribution in [1.82, 2.24) is 9.80 Å². The summed E-state index contributed by atoms with van der Waals surface area (Å²) in [6.45, 7) is 6.07. The van der Waals surface area contributed by atoms with Crippen molar-refractivity contribution in [2.45, 2.75) is 19.3 Å². The van der Waals surface area contributed by atoms with Crippen LogP contribution in [-0.2, 0) is 4.74 Å². The van der Waals surface area contributed by atoms with Gasteiger partial charge < -0.3 is 9.64 Å². The third-order valence-electron chi connectivity index (χ3n) is 3.09. The maximum atomic E-state index is 5.45. The van der Waals surface area contributed by atoms with E-state index in [9.17, 15) is 0 Å². The average molecular weight is 260 g/mol. The summed E-state index contributed by atoms with van der Waals surface area (Å²) in [5.41, 5.74) is 0. The van der Waals surface area contributed by atoms with Crippen LogP contribution in [0.2, 0.25) is 0 Å². The van der Waals surface area contributed by atoms with Gasteiger partial charge in [-0.3, -0.25) is 4.90 Å². The van der Waals surface area contributed by atoms with Crippen molar-refractivity contribution >= 4 is 28.3 Å². The largest absolute Gasteiger partial charge is 0.378 e. The molecule has 2 rings (SSSR count). The minimum absolute atomic E-state index is 0.824. The molecule has 0 bridgehead atoms. The number of hydrogen-bond donors (Lipinski definition) is 0. The van der Waals surface area contributed by atoms with Crippen LogP contribution in [0.3, 0.4) is 0 Å². The van der Waals surface area contributed by atoms with E-state index in [1.165, 1.54) is 32.4 Å². The van der Waals surface area contributed by atoms with E-state index in [-0.39, 0.29) is 0 Å². The Labute approximate surface area is 107 Å². The van der Waals surface area contributed by atoms with E-state index < -0.39 is 0 Å². The van der Waals surface area contributed by atoms with Crippen LogP contribution in [0.4, 0.5) is 0 Å². The fourth-order valence-corrected chi connectivity index (χ4v) is 3.33. The third kappa shape index (κ3) is 3.87. The predicted molar refractivity (Wildman–Crippen MR) is 72.9 cm³/mol. The highest BCUT2D eigenvalue weighted by Crippen LogP contribution is 2.16. The van der Waals surface area contributed by atoms with Crippen LogP contribution < -0.4 is 0 Å². The molecule has 0 radical (unpaired) electrons. The Balaban J connectivity index is 1.65. The first-order valence-corrected chi connectivity index (χ1v) is 7.47. The van der Waals surface area contributed by atoms with Crippen LogP contribution >= 0.6 is 24.0 Å². The van der Waals surface area contributed by atoms with Crippen molar-refractivity contribution in [2.24, 2.45) is 0 Å². The summed E-state index contributed by atoms with van der Waals surface area (Å²) in [7, 11) is 0. The first kappa shape index (κ1) is 12.6. The summed E-state index contributed by atoms with van der Waals surface area (Å²) < 4.78 is 6.37. The lowest BCUT2D eigenvalue weighted by Gasteiger charge is -2.31. The zero-order chi connectivity index (χ0) is 11.2. The molecule has 2 aliphatic heterocycles. The normalized spacial score (nSPS) is 23.4. The Morgan fingerprint density at radius 1 is 1.06 bits per heavy atom. The van der Waals surface area contributed by atoms with Gasteiger partial charge in [-0.25, -0.2) is 0 Å². The molecule has 0 N–H and O–H groups in total. The van der Waals surface area contributed by atoms with Gasteiger partial charge in [0, 0.05) is 13.1 Å². The molecule has 0 atom stereocenters. The molecule has 16 heavy (non-hydrogen) atoms. The van der Waals surface area contributed by atoms with Gasteiger partial charge in [0.1, 0.15) is 4.32 Å². The lowest BCUT2D eigenvalue weighted by Crippen LogP contribution is -2.39. The second-order valence-corrected chi connectivity index (χ2v) is 5.90. The van der Waals surface area contributed by atoms with Gasteiger partial charge >= 0.3 is 0 Å². The highest BCUT2D eigenvalue weighted by molar-refractivity contribution is 8.22. The van der Waals surface area contributed by atoms with Gasteiger partial charge in [0.2, 0.25) is 0 Å². The zero-order valence-corrected chi connectivity index (χ0v) is 11.3. The van der Waals surface area contributed by atoms with Crippen LogP contribution in [0.1, 0.15) is 19.3 Å². The molecule has 2 fully saturated rings. The van der Waals surface area contributed by atoms with Gasteiger partial charge in [-0.1, -0.05) is 30.4 Å². The Kier molecular flexibility index (Phi) is 5.35. The molecule has 5 heteroatoms. The summed E-state index contributed by atoms with van der Waals surface area (Å²) in [6.07, 6.45) is 4.10. The van der Waals surface area contributed by atoms with Crippen LogP contribution in [0.25, 0.3) is 0 Å².